The molecule has 0 unspecified atom stereocenters. The van der Waals surface area contributed by atoms with Gasteiger partial charge in [0.1, 0.15) is 5.01 Å². The number of hydrogen-bond donors (Lipinski definition) is 1. The molecule has 0 aliphatic carbocycles. The topological polar surface area (TPSA) is 86.1 Å². The van der Waals surface area contributed by atoms with E-state index in [1.807, 2.05) is 13.8 Å². The van der Waals surface area contributed by atoms with E-state index in [1.54, 1.807) is 29.2 Å². The van der Waals surface area contributed by atoms with Gasteiger partial charge in [0.2, 0.25) is 0 Å². The van der Waals surface area contributed by atoms with Gasteiger partial charge in [-0.25, -0.2) is 9.78 Å². The zero-order valence-electron chi connectivity index (χ0n) is 14.1. The molecule has 25 heavy (non-hydrogen) atoms. The number of carbonyl (C=O) groups is 2. The number of aryl methyl sites for hydroxylation is 2. The molecule has 0 bridgehead atoms. The summed E-state index contributed by atoms with van der Waals surface area (Å²) >= 11 is 1.40. The van der Waals surface area contributed by atoms with Crippen LogP contribution in [-0.4, -0.2) is 29.9 Å². The van der Waals surface area contributed by atoms with Gasteiger partial charge in [0, 0.05) is 29.2 Å². The number of nitriles is 1. The van der Waals surface area contributed by atoms with Crippen LogP contribution in [0.1, 0.15) is 38.8 Å². The lowest BCUT2D eigenvalue weighted by Gasteiger charge is -2.15. The molecule has 1 aromatic heterocycles. The molecule has 0 spiro atoms. The van der Waals surface area contributed by atoms with Crippen LogP contribution in [0.3, 0.4) is 0 Å². The molecule has 3 rings (SSSR count). The normalized spacial score (nSPS) is 14.9. The third-order valence-corrected chi connectivity index (χ3v) is 5.26. The Morgan fingerprint density at radius 2 is 2.32 bits per heavy atom. The third kappa shape index (κ3) is 3.26. The maximum atomic E-state index is 12.9. The zero-order valence-corrected chi connectivity index (χ0v) is 14.9. The van der Waals surface area contributed by atoms with Crippen LogP contribution in [0.25, 0.3) is 0 Å². The van der Waals surface area contributed by atoms with E-state index in [2.05, 4.69) is 16.4 Å². The van der Waals surface area contributed by atoms with Gasteiger partial charge >= 0.3 is 6.03 Å². The number of thiazole rings is 1. The van der Waals surface area contributed by atoms with Crippen molar-refractivity contribution in [3.63, 3.8) is 0 Å². The van der Waals surface area contributed by atoms with Crippen LogP contribution in [0.4, 0.5) is 10.5 Å². The molecule has 2 heterocycles. The van der Waals surface area contributed by atoms with Crippen molar-refractivity contribution in [1.82, 2.24) is 10.3 Å². The molecule has 1 fully saturated rings. The fourth-order valence-corrected chi connectivity index (χ4v) is 3.89. The standard InChI is InChI=1S/C18H18N4O2S/c1-3-15-11(2)25-17(21-15)14(10-19)16(23)12-5-4-6-13(9-12)22-8-7-20-18(22)24/h4-6,9,14H,3,7-8H2,1-2H3,(H,20,24)/t14-/m0/s1. The molecule has 7 heteroatoms. The zero-order chi connectivity index (χ0) is 18.0. The van der Waals surface area contributed by atoms with Crippen LogP contribution in [0.5, 0.6) is 0 Å². The summed E-state index contributed by atoms with van der Waals surface area (Å²) < 4.78 is 0. The number of nitrogens with one attached hydrogen (secondary N) is 1. The highest BCUT2D eigenvalue weighted by atomic mass is 32.1. The summed E-state index contributed by atoms with van der Waals surface area (Å²) in [5.41, 5.74) is 1.99. The van der Waals surface area contributed by atoms with Gasteiger partial charge in [-0.15, -0.1) is 11.3 Å². The predicted octanol–water partition coefficient (Wildman–Crippen LogP) is 3.03. The first-order chi connectivity index (χ1) is 12.0. The SMILES string of the molecule is CCc1nc([C@@H](C#N)C(=O)c2cccc(N3CCNC3=O)c2)sc1C. The molecule has 128 valence electrons. The van der Waals surface area contributed by atoms with Crippen molar-refractivity contribution in [3.05, 3.63) is 45.4 Å². The fraction of sp³-hybridized carbons (Fsp3) is 0.333. The maximum Gasteiger partial charge on any atom is 0.321 e. The number of benzene rings is 1. The quantitative estimate of drug-likeness (QED) is 0.836. The summed E-state index contributed by atoms with van der Waals surface area (Å²) in [6, 6.07) is 8.76. The van der Waals surface area contributed by atoms with E-state index in [4.69, 9.17) is 0 Å². The van der Waals surface area contributed by atoms with Crippen LogP contribution in [0, 0.1) is 18.3 Å². The maximum absolute atomic E-state index is 12.9. The molecule has 1 atom stereocenters. The van der Waals surface area contributed by atoms with Gasteiger partial charge in [0.05, 0.1) is 11.8 Å². The Balaban J connectivity index is 1.91. The fourth-order valence-electron chi connectivity index (χ4n) is 2.84. The van der Waals surface area contributed by atoms with Crippen molar-refractivity contribution in [3.8, 4) is 6.07 Å². The molecule has 6 nitrogen and oxygen atoms in total. The summed E-state index contributed by atoms with van der Waals surface area (Å²) in [6.07, 6.45) is 0.772. The lowest BCUT2D eigenvalue weighted by molar-refractivity contribution is 0.0978. The second-order valence-corrected chi connectivity index (χ2v) is 7.00. The average Bonchev–Trinajstić information content (AvgIpc) is 3.21. The van der Waals surface area contributed by atoms with E-state index in [-0.39, 0.29) is 11.8 Å². The predicted molar refractivity (Wildman–Crippen MR) is 96.1 cm³/mol. The smallest absolute Gasteiger partial charge is 0.321 e. The lowest BCUT2D eigenvalue weighted by Crippen LogP contribution is -2.27. The third-order valence-electron chi connectivity index (χ3n) is 4.18. The summed E-state index contributed by atoms with van der Waals surface area (Å²) in [4.78, 5) is 31.7. The van der Waals surface area contributed by atoms with Crippen LogP contribution < -0.4 is 10.2 Å². The van der Waals surface area contributed by atoms with E-state index in [0.717, 1.165) is 17.0 Å². The Hall–Kier alpha value is -2.72. The van der Waals surface area contributed by atoms with Crippen LogP contribution in [0.15, 0.2) is 24.3 Å². The number of nitrogens with zero attached hydrogens (tertiary/aromatic N) is 3. The number of ketones is 1. The average molecular weight is 354 g/mol. The van der Waals surface area contributed by atoms with Crippen molar-refractivity contribution in [2.45, 2.75) is 26.2 Å². The molecule has 1 aromatic carbocycles. The van der Waals surface area contributed by atoms with E-state index < -0.39 is 5.92 Å². The Bertz CT molecular complexity index is 868. The minimum absolute atomic E-state index is 0.176. The van der Waals surface area contributed by atoms with Crippen molar-refractivity contribution < 1.29 is 9.59 Å². The van der Waals surface area contributed by atoms with Gasteiger partial charge in [-0.1, -0.05) is 19.1 Å². The van der Waals surface area contributed by atoms with E-state index in [0.29, 0.717) is 29.3 Å². The van der Waals surface area contributed by atoms with E-state index in [1.165, 1.54) is 11.3 Å². The van der Waals surface area contributed by atoms with Crippen LogP contribution in [0.2, 0.25) is 0 Å². The van der Waals surface area contributed by atoms with Crippen molar-refractivity contribution in [2.24, 2.45) is 0 Å². The van der Waals surface area contributed by atoms with Crippen molar-refractivity contribution >= 4 is 28.8 Å². The minimum atomic E-state index is -0.924. The van der Waals surface area contributed by atoms with Crippen LogP contribution in [-0.2, 0) is 6.42 Å². The number of amides is 2. The first-order valence-corrected chi connectivity index (χ1v) is 8.92. The molecule has 1 aliphatic rings. The molecular weight excluding hydrogens is 336 g/mol. The number of urea groups is 1. The Kier molecular flexibility index (Phi) is 4.81. The number of carbonyl (C=O) groups excluding carboxylic acids is 2. The molecule has 0 radical (unpaired) electrons. The monoisotopic (exact) mass is 354 g/mol. The molecule has 2 amide bonds. The van der Waals surface area contributed by atoms with Crippen molar-refractivity contribution in [1.29, 1.82) is 5.26 Å². The second kappa shape index (κ2) is 7.03. The Morgan fingerprint density at radius 1 is 1.52 bits per heavy atom. The minimum Gasteiger partial charge on any atom is -0.336 e. The number of hydrogen-bond acceptors (Lipinski definition) is 5. The van der Waals surface area contributed by atoms with Crippen LogP contribution >= 0.6 is 11.3 Å². The van der Waals surface area contributed by atoms with Gasteiger partial charge in [-0.2, -0.15) is 5.26 Å². The molecule has 1 saturated heterocycles. The lowest BCUT2D eigenvalue weighted by atomic mass is 9.99. The van der Waals surface area contributed by atoms with Gasteiger partial charge < -0.3 is 5.32 Å². The van der Waals surface area contributed by atoms with Gasteiger partial charge in [-0.05, 0) is 25.5 Å². The molecule has 0 saturated carbocycles. The van der Waals surface area contributed by atoms with Gasteiger partial charge in [0.15, 0.2) is 11.7 Å². The number of anilines is 1. The molecular formula is C18H18N4O2S. The highest BCUT2D eigenvalue weighted by Gasteiger charge is 2.27. The first kappa shape index (κ1) is 17.1. The number of aromatic nitrogens is 1. The number of rotatable bonds is 5. The first-order valence-electron chi connectivity index (χ1n) is 8.10. The number of Topliss-reactive ketones (excluding diaryl/α,β-unsaturated/α-hetero) is 1. The molecule has 2 aromatic rings. The van der Waals surface area contributed by atoms with E-state index in [9.17, 15) is 14.9 Å². The van der Waals surface area contributed by atoms with Gasteiger partial charge in [-0.3, -0.25) is 9.69 Å². The highest BCUT2D eigenvalue weighted by Crippen LogP contribution is 2.29. The largest absolute Gasteiger partial charge is 0.336 e. The molecule has 1 N–H and O–H groups in total. The second-order valence-electron chi connectivity index (χ2n) is 5.77. The van der Waals surface area contributed by atoms with Crippen molar-refractivity contribution in [2.75, 3.05) is 18.0 Å². The molecule has 1 aliphatic heterocycles. The highest BCUT2D eigenvalue weighted by molar-refractivity contribution is 7.12. The Labute approximate surface area is 150 Å². The summed E-state index contributed by atoms with van der Waals surface area (Å²) in [5.74, 6) is -1.22. The Morgan fingerprint density at radius 3 is 2.92 bits per heavy atom. The summed E-state index contributed by atoms with van der Waals surface area (Å²) in [5, 5.41) is 12.8. The van der Waals surface area contributed by atoms with E-state index >= 15 is 0 Å². The summed E-state index contributed by atoms with van der Waals surface area (Å²) in [6.45, 7) is 5.09. The van der Waals surface area contributed by atoms with Gasteiger partial charge in [0.25, 0.3) is 0 Å². The summed E-state index contributed by atoms with van der Waals surface area (Å²) in [7, 11) is 0.